The van der Waals surface area contributed by atoms with Crippen LogP contribution in [0.2, 0.25) is 5.02 Å². The highest BCUT2D eigenvalue weighted by Crippen LogP contribution is 2.20. The molecule has 0 aliphatic heterocycles. The molecule has 0 saturated heterocycles. The zero-order valence-corrected chi connectivity index (χ0v) is 13.9. The number of halogens is 1. The first-order valence-corrected chi connectivity index (χ1v) is 7.84. The van der Waals surface area contributed by atoms with E-state index in [4.69, 9.17) is 16.6 Å². The summed E-state index contributed by atoms with van der Waals surface area (Å²) in [4.78, 5) is 19.7. The SMILES string of the molecule is CN(C)CCn1c(-c2ccccc2)nc2ccc(Cl)cc2c1=O. The third-order valence-electron chi connectivity index (χ3n) is 3.72. The number of aromatic nitrogens is 2. The van der Waals surface area contributed by atoms with Gasteiger partial charge < -0.3 is 4.90 Å². The standard InChI is InChI=1S/C18H18ClN3O/c1-21(2)10-11-22-17(13-6-4-3-5-7-13)20-16-9-8-14(19)12-15(16)18(22)23/h3-9,12H,10-11H2,1-2H3. The van der Waals surface area contributed by atoms with Crippen molar-refractivity contribution >= 4 is 22.5 Å². The Kier molecular flexibility index (Phi) is 4.46. The van der Waals surface area contributed by atoms with Gasteiger partial charge >= 0.3 is 0 Å². The van der Waals surface area contributed by atoms with Crippen LogP contribution in [0, 0.1) is 0 Å². The molecule has 3 rings (SSSR count). The summed E-state index contributed by atoms with van der Waals surface area (Å²) in [7, 11) is 3.97. The van der Waals surface area contributed by atoms with Gasteiger partial charge in [0.25, 0.3) is 5.56 Å². The van der Waals surface area contributed by atoms with Gasteiger partial charge in [0.2, 0.25) is 0 Å². The van der Waals surface area contributed by atoms with Gasteiger partial charge in [0, 0.05) is 23.7 Å². The van der Waals surface area contributed by atoms with Crippen LogP contribution in [0.5, 0.6) is 0 Å². The van der Waals surface area contributed by atoms with Crippen molar-refractivity contribution in [2.45, 2.75) is 6.54 Å². The highest BCUT2D eigenvalue weighted by atomic mass is 35.5. The molecule has 0 amide bonds. The molecule has 0 N–H and O–H groups in total. The van der Waals surface area contributed by atoms with Gasteiger partial charge in [-0.05, 0) is 32.3 Å². The number of hydrogen-bond donors (Lipinski definition) is 0. The van der Waals surface area contributed by atoms with E-state index in [0.717, 1.165) is 12.1 Å². The van der Waals surface area contributed by atoms with Crippen molar-refractivity contribution in [2.75, 3.05) is 20.6 Å². The lowest BCUT2D eigenvalue weighted by Gasteiger charge is -2.16. The molecule has 1 heterocycles. The lowest BCUT2D eigenvalue weighted by molar-refractivity contribution is 0.381. The molecule has 118 valence electrons. The molecule has 0 aliphatic carbocycles. The topological polar surface area (TPSA) is 38.1 Å². The van der Waals surface area contributed by atoms with E-state index in [-0.39, 0.29) is 5.56 Å². The fourth-order valence-electron chi connectivity index (χ4n) is 2.51. The van der Waals surface area contributed by atoms with E-state index < -0.39 is 0 Å². The summed E-state index contributed by atoms with van der Waals surface area (Å²) in [5.74, 6) is 0.687. The summed E-state index contributed by atoms with van der Waals surface area (Å²) in [6.45, 7) is 1.33. The predicted molar refractivity (Wildman–Crippen MR) is 95.0 cm³/mol. The van der Waals surface area contributed by atoms with E-state index in [1.807, 2.05) is 49.3 Å². The van der Waals surface area contributed by atoms with Gasteiger partial charge in [0.15, 0.2) is 0 Å². The van der Waals surface area contributed by atoms with Crippen molar-refractivity contribution in [3.8, 4) is 11.4 Å². The second-order valence-electron chi connectivity index (χ2n) is 5.72. The molecule has 23 heavy (non-hydrogen) atoms. The molecule has 0 spiro atoms. The number of rotatable bonds is 4. The van der Waals surface area contributed by atoms with Gasteiger partial charge in [0.05, 0.1) is 10.9 Å². The van der Waals surface area contributed by atoms with Gasteiger partial charge in [0.1, 0.15) is 5.82 Å². The molecule has 5 heteroatoms. The van der Waals surface area contributed by atoms with Crippen LogP contribution in [-0.4, -0.2) is 35.1 Å². The summed E-state index contributed by atoms with van der Waals surface area (Å²) in [6.07, 6.45) is 0. The van der Waals surface area contributed by atoms with Crippen molar-refractivity contribution in [3.05, 3.63) is 63.9 Å². The number of fused-ring (bicyclic) bond motifs is 1. The highest BCUT2D eigenvalue weighted by Gasteiger charge is 2.13. The van der Waals surface area contributed by atoms with E-state index in [9.17, 15) is 4.79 Å². The molecule has 0 unspecified atom stereocenters. The molecule has 0 radical (unpaired) electrons. The second kappa shape index (κ2) is 6.52. The Morgan fingerprint density at radius 1 is 1.13 bits per heavy atom. The summed E-state index contributed by atoms with van der Waals surface area (Å²) < 4.78 is 1.73. The van der Waals surface area contributed by atoms with Crippen molar-refractivity contribution in [1.29, 1.82) is 0 Å². The van der Waals surface area contributed by atoms with E-state index >= 15 is 0 Å². The largest absolute Gasteiger partial charge is 0.308 e. The molecule has 0 fully saturated rings. The summed E-state index contributed by atoms with van der Waals surface area (Å²) in [5.41, 5.74) is 1.54. The fraction of sp³-hybridized carbons (Fsp3) is 0.222. The molecule has 0 bridgehead atoms. The monoisotopic (exact) mass is 327 g/mol. The lowest BCUT2D eigenvalue weighted by atomic mass is 10.2. The van der Waals surface area contributed by atoms with Gasteiger partial charge in [-0.3, -0.25) is 9.36 Å². The Hall–Kier alpha value is -2.17. The van der Waals surface area contributed by atoms with Crippen molar-refractivity contribution in [3.63, 3.8) is 0 Å². The van der Waals surface area contributed by atoms with Crippen molar-refractivity contribution < 1.29 is 0 Å². The van der Waals surface area contributed by atoms with Gasteiger partial charge in [-0.25, -0.2) is 4.98 Å². The maximum Gasteiger partial charge on any atom is 0.261 e. The van der Waals surface area contributed by atoms with Crippen LogP contribution < -0.4 is 5.56 Å². The average Bonchev–Trinajstić information content (AvgIpc) is 2.55. The van der Waals surface area contributed by atoms with Crippen LogP contribution in [0.4, 0.5) is 0 Å². The van der Waals surface area contributed by atoms with Crippen molar-refractivity contribution in [2.24, 2.45) is 0 Å². The number of nitrogens with zero attached hydrogens (tertiary/aromatic N) is 3. The molecule has 0 aliphatic rings. The summed E-state index contributed by atoms with van der Waals surface area (Å²) in [6, 6.07) is 15.0. The number of hydrogen-bond acceptors (Lipinski definition) is 3. The Labute approximate surface area is 140 Å². The van der Waals surface area contributed by atoms with Crippen LogP contribution in [0.1, 0.15) is 0 Å². The quantitative estimate of drug-likeness (QED) is 0.738. The minimum absolute atomic E-state index is 0.0572. The Morgan fingerprint density at radius 3 is 2.57 bits per heavy atom. The van der Waals surface area contributed by atoms with Gasteiger partial charge in [-0.1, -0.05) is 41.9 Å². The fourth-order valence-corrected chi connectivity index (χ4v) is 2.68. The molecule has 1 aromatic heterocycles. The molecule has 2 aromatic carbocycles. The first-order valence-electron chi connectivity index (χ1n) is 7.46. The zero-order valence-electron chi connectivity index (χ0n) is 13.2. The maximum absolute atomic E-state index is 12.9. The molecular weight excluding hydrogens is 310 g/mol. The van der Waals surface area contributed by atoms with E-state index in [1.165, 1.54) is 0 Å². The lowest BCUT2D eigenvalue weighted by Crippen LogP contribution is -2.28. The van der Waals surface area contributed by atoms with Crippen LogP contribution in [-0.2, 0) is 6.54 Å². The van der Waals surface area contributed by atoms with Crippen LogP contribution in [0.3, 0.4) is 0 Å². The molecule has 3 aromatic rings. The third kappa shape index (κ3) is 3.28. The zero-order chi connectivity index (χ0) is 16.4. The predicted octanol–water partition coefficient (Wildman–Crippen LogP) is 3.28. The van der Waals surface area contributed by atoms with E-state index in [2.05, 4.69) is 0 Å². The highest BCUT2D eigenvalue weighted by molar-refractivity contribution is 6.31. The molecule has 0 saturated carbocycles. The minimum atomic E-state index is -0.0572. The first-order chi connectivity index (χ1) is 11.1. The van der Waals surface area contributed by atoms with Crippen LogP contribution >= 0.6 is 11.6 Å². The summed E-state index contributed by atoms with van der Waals surface area (Å²) in [5, 5.41) is 1.10. The smallest absolute Gasteiger partial charge is 0.261 e. The van der Waals surface area contributed by atoms with Crippen LogP contribution in [0.25, 0.3) is 22.3 Å². The number of likely N-dealkylation sites (N-methyl/N-ethyl adjacent to an activating group) is 1. The number of benzene rings is 2. The van der Waals surface area contributed by atoms with E-state index in [0.29, 0.717) is 28.3 Å². The molecular formula is C18H18ClN3O. The first kappa shape index (κ1) is 15.7. The Balaban J connectivity index is 2.26. The molecule has 0 atom stereocenters. The van der Waals surface area contributed by atoms with E-state index in [1.54, 1.807) is 22.8 Å². The normalized spacial score (nSPS) is 11.3. The van der Waals surface area contributed by atoms with Crippen LogP contribution in [0.15, 0.2) is 53.3 Å². The Bertz CT molecular complexity index is 888. The summed E-state index contributed by atoms with van der Waals surface area (Å²) >= 11 is 6.04. The Morgan fingerprint density at radius 2 is 1.87 bits per heavy atom. The maximum atomic E-state index is 12.9. The van der Waals surface area contributed by atoms with Gasteiger partial charge in [-0.2, -0.15) is 0 Å². The minimum Gasteiger partial charge on any atom is -0.308 e. The average molecular weight is 328 g/mol. The van der Waals surface area contributed by atoms with Crippen molar-refractivity contribution in [1.82, 2.24) is 14.5 Å². The third-order valence-corrected chi connectivity index (χ3v) is 3.95. The van der Waals surface area contributed by atoms with Gasteiger partial charge in [-0.15, -0.1) is 0 Å². The molecule has 4 nitrogen and oxygen atoms in total. The second-order valence-corrected chi connectivity index (χ2v) is 6.16.